The molecule has 0 spiro atoms. The molecule has 0 amide bonds. The van der Waals surface area contributed by atoms with Gasteiger partial charge >= 0.3 is 0 Å². The molecule has 4 heteroatoms. The molecule has 5 atom stereocenters. The van der Waals surface area contributed by atoms with Gasteiger partial charge in [-0.3, -0.25) is 9.88 Å². The van der Waals surface area contributed by atoms with Crippen LogP contribution in [0, 0.1) is 11.3 Å². The highest BCUT2D eigenvalue weighted by molar-refractivity contribution is 5.83. The fraction of sp³-hybridized carbons (Fsp3) is 0.476. The summed E-state index contributed by atoms with van der Waals surface area (Å²) in [6.45, 7) is 8.33. The minimum Gasteiger partial charge on any atom is -0.392 e. The summed E-state index contributed by atoms with van der Waals surface area (Å²) in [5.74, 6) is 0.579. The van der Waals surface area contributed by atoms with Gasteiger partial charge in [-0.05, 0) is 54.6 Å². The second-order valence-corrected chi connectivity index (χ2v) is 7.82. The van der Waals surface area contributed by atoms with Crippen LogP contribution in [0.2, 0.25) is 0 Å². The fourth-order valence-electron chi connectivity index (χ4n) is 4.75. The van der Waals surface area contributed by atoms with Crippen LogP contribution in [0.5, 0.6) is 0 Å². The molecule has 1 aromatic heterocycles. The van der Waals surface area contributed by atoms with Gasteiger partial charge in [0.05, 0.1) is 18.2 Å². The van der Waals surface area contributed by atoms with Crippen molar-refractivity contribution in [3.63, 3.8) is 0 Å². The zero-order valence-corrected chi connectivity index (χ0v) is 14.7. The van der Waals surface area contributed by atoms with E-state index in [0.29, 0.717) is 5.92 Å². The van der Waals surface area contributed by atoms with Crippen molar-refractivity contribution in [3.8, 4) is 0 Å². The molecule has 132 valence electrons. The number of aromatic nitrogens is 1. The normalized spacial score (nSPS) is 32.7. The van der Waals surface area contributed by atoms with Crippen LogP contribution in [0.25, 0.3) is 10.9 Å². The highest BCUT2D eigenvalue weighted by atomic mass is 16.3. The molecule has 3 fully saturated rings. The minimum absolute atomic E-state index is 0.00428. The quantitative estimate of drug-likeness (QED) is 0.842. The fourth-order valence-corrected chi connectivity index (χ4v) is 4.75. The van der Waals surface area contributed by atoms with E-state index in [2.05, 4.69) is 29.5 Å². The van der Waals surface area contributed by atoms with Crippen LogP contribution in [-0.2, 0) is 6.61 Å². The first-order valence-electron chi connectivity index (χ1n) is 9.10. The van der Waals surface area contributed by atoms with Crippen molar-refractivity contribution in [3.05, 3.63) is 54.2 Å². The van der Waals surface area contributed by atoms with E-state index >= 15 is 0 Å². The van der Waals surface area contributed by atoms with Crippen molar-refractivity contribution in [2.75, 3.05) is 13.1 Å². The van der Waals surface area contributed by atoms with Crippen LogP contribution >= 0.6 is 0 Å². The van der Waals surface area contributed by atoms with Gasteiger partial charge in [0.2, 0.25) is 0 Å². The molecule has 0 saturated carbocycles. The molecule has 0 aliphatic carbocycles. The predicted octanol–water partition coefficient (Wildman–Crippen LogP) is 3.05. The lowest BCUT2D eigenvalue weighted by atomic mass is 9.65. The molecule has 2 bridgehead atoms. The van der Waals surface area contributed by atoms with E-state index in [1.54, 1.807) is 6.20 Å². The second-order valence-electron chi connectivity index (χ2n) is 7.82. The van der Waals surface area contributed by atoms with Gasteiger partial charge in [0.1, 0.15) is 0 Å². The van der Waals surface area contributed by atoms with Crippen LogP contribution in [-0.4, -0.2) is 39.2 Å². The Morgan fingerprint density at radius 2 is 2.28 bits per heavy atom. The van der Waals surface area contributed by atoms with Gasteiger partial charge in [-0.15, -0.1) is 6.58 Å². The molecule has 0 radical (unpaired) electrons. The van der Waals surface area contributed by atoms with E-state index in [1.165, 1.54) is 6.42 Å². The van der Waals surface area contributed by atoms with Crippen molar-refractivity contribution in [1.29, 1.82) is 0 Å². The van der Waals surface area contributed by atoms with E-state index in [1.807, 2.05) is 24.3 Å². The molecule has 3 saturated heterocycles. The maximum atomic E-state index is 11.2. The number of benzene rings is 1. The Labute approximate surface area is 148 Å². The van der Waals surface area contributed by atoms with Gasteiger partial charge < -0.3 is 10.2 Å². The van der Waals surface area contributed by atoms with E-state index in [4.69, 9.17) is 0 Å². The molecule has 4 heterocycles. The molecule has 2 N–H and O–H groups in total. The van der Waals surface area contributed by atoms with Crippen LogP contribution < -0.4 is 0 Å². The number of pyridine rings is 1. The van der Waals surface area contributed by atoms with Crippen LogP contribution in [0.15, 0.2) is 43.1 Å². The zero-order valence-electron chi connectivity index (χ0n) is 14.7. The third-order valence-corrected chi connectivity index (χ3v) is 6.41. The van der Waals surface area contributed by atoms with Crippen molar-refractivity contribution >= 4 is 10.9 Å². The molecule has 5 rings (SSSR count). The van der Waals surface area contributed by atoms with Gasteiger partial charge in [0.15, 0.2) is 0 Å². The topological polar surface area (TPSA) is 56.6 Å². The summed E-state index contributed by atoms with van der Waals surface area (Å²) < 4.78 is 0. The Balaban J connectivity index is 1.69. The highest BCUT2D eigenvalue weighted by Crippen LogP contribution is 2.48. The molecule has 3 aliphatic rings. The Kier molecular flexibility index (Phi) is 4.14. The number of aliphatic hydroxyl groups excluding tert-OH is 2. The number of hydrogen-bond donors (Lipinski definition) is 2. The number of fused-ring (bicyclic) bond motifs is 4. The number of piperidine rings is 3. The van der Waals surface area contributed by atoms with Crippen molar-refractivity contribution in [2.45, 2.75) is 38.5 Å². The average molecular weight is 338 g/mol. The molecular formula is C21H26N2O2. The predicted molar refractivity (Wildman–Crippen MR) is 99.0 cm³/mol. The van der Waals surface area contributed by atoms with Crippen molar-refractivity contribution in [2.24, 2.45) is 11.3 Å². The van der Waals surface area contributed by atoms with Gasteiger partial charge in [0.25, 0.3) is 0 Å². The summed E-state index contributed by atoms with van der Waals surface area (Å²) in [7, 11) is 0. The number of hydrogen-bond acceptors (Lipinski definition) is 4. The third kappa shape index (κ3) is 2.69. The molecule has 4 nitrogen and oxygen atoms in total. The summed E-state index contributed by atoms with van der Waals surface area (Å²) in [5, 5.41) is 21.6. The lowest BCUT2D eigenvalue weighted by Gasteiger charge is -2.55. The van der Waals surface area contributed by atoms with E-state index in [0.717, 1.165) is 41.5 Å². The maximum Gasteiger partial charge on any atom is 0.0952 e. The summed E-state index contributed by atoms with van der Waals surface area (Å²) in [6, 6.07) is 7.80. The molecule has 25 heavy (non-hydrogen) atoms. The van der Waals surface area contributed by atoms with Crippen LogP contribution in [0.4, 0.5) is 0 Å². The lowest BCUT2D eigenvalue weighted by molar-refractivity contribution is -0.0759. The minimum atomic E-state index is -0.545. The Hall–Kier alpha value is -1.75. The van der Waals surface area contributed by atoms with E-state index in [9.17, 15) is 10.2 Å². The Morgan fingerprint density at radius 1 is 1.44 bits per heavy atom. The lowest BCUT2D eigenvalue weighted by Crippen LogP contribution is -2.58. The van der Waals surface area contributed by atoms with E-state index in [-0.39, 0.29) is 18.1 Å². The highest BCUT2D eigenvalue weighted by Gasteiger charge is 2.47. The number of rotatable bonds is 4. The van der Waals surface area contributed by atoms with Gasteiger partial charge in [-0.1, -0.05) is 19.1 Å². The van der Waals surface area contributed by atoms with Gasteiger partial charge in [-0.2, -0.15) is 0 Å². The zero-order chi connectivity index (χ0) is 17.6. The van der Waals surface area contributed by atoms with Gasteiger partial charge in [0, 0.05) is 29.6 Å². The van der Waals surface area contributed by atoms with Crippen molar-refractivity contribution < 1.29 is 10.2 Å². The SMILES string of the molecule is C=C[C@@]1(C)C[N@@]2CCC1C[C@@H]2[C@@H](O)c1ccnc2ccc(CO)cc12. The van der Waals surface area contributed by atoms with Gasteiger partial charge in [-0.25, -0.2) is 0 Å². The Morgan fingerprint density at radius 3 is 2.96 bits per heavy atom. The second kappa shape index (κ2) is 6.20. The summed E-state index contributed by atoms with van der Waals surface area (Å²) in [5.41, 5.74) is 2.77. The number of aliphatic hydroxyl groups is 2. The standard InChI is InChI=1S/C21H26N2O2/c1-3-21(2)13-23-9-7-15(21)11-19(23)20(25)16-6-8-22-18-5-4-14(12-24)10-17(16)18/h3-6,8,10,15,19-20,24-25H,1,7,9,11-13H2,2H3/t15?,19-,20+,21+/m1/s1. The summed E-state index contributed by atoms with van der Waals surface area (Å²) in [6.07, 6.45) is 5.49. The third-order valence-electron chi connectivity index (χ3n) is 6.41. The molecule has 2 aromatic rings. The summed E-state index contributed by atoms with van der Waals surface area (Å²) in [4.78, 5) is 6.83. The first kappa shape index (κ1) is 16.7. The molecular weight excluding hydrogens is 312 g/mol. The monoisotopic (exact) mass is 338 g/mol. The summed E-state index contributed by atoms with van der Waals surface area (Å²) >= 11 is 0. The molecule has 3 aliphatic heterocycles. The molecule has 1 aromatic carbocycles. The van der Waals surface area contributed by atoms with Crippen LogP contribution in [0.3, 0.4) is 0 Å². The number of nitrogens with zero attached hydrogens (tertiary/aromatic N) is 2. The first-order chi connectivity index (χ1) is 12.1. The molecule has 1 unspecified atom stereocenters. The maximum absolute atomic E-state index is 11.2. The largest absolute Gasteiger partial charge is 0.392 e. The van der Waals surface area contributed by atoms with Crippen molar-refractivity contribution in [1.82, 2.24) is 9.88 Å². The Bertz CT molecular complexity index is 806. The van der Waals surface area contributed by atoms with E-state index < -0.39 is 6.10 Å². The first-order valence-corrected chi connectivity index (χ1v) is 9.10. The van der Waals surface area contributed by atoms with Crippen LogP contribution in [0.1, 0.15) is 37.0 Å². The smallest absolute Gasteiger partial charge is 0.0952 e. The average Bonchev–Trinajstić information content (AvgIpc) is 2.66.